The second kappa shape index (κ2) is 5.77. The van der Waals surface area contributed by atoms with Crippen molar-refractivity contribution in [3.8, 4) is 0 Å². The molecule has 0 aliphatic rings. The summed E-state index contributed by atoms with van der Waals surface area (Å²) in [6, 6.07) is 0. The van der Waals surface area contributed by atoms with Crippen molar-refractivity contribution in [2.45, 2.75) is 32.8 Å². The van der Waals surface area contributed by atoms with Crippen LogP contribution in [0.4, 0.5) is 4.79 Å². The van der Waals surface area contributed by atoms with Crippen LogP contribution in [0.15, 0.2) is 0 Å². The van der Waals surface area contributed by atoms with E-state index in [2.05, 4.69) is 10.9 Å². The maximum Gasteiger partial charge on any atom is 0.422 e. The van der Waals surface area contributed by atoms with Crippen molar-refractivity contribution < 1.29 is 9.53 Å². The second-order valence-corrected chi connectivity index (χ2v) is 3.70. The molecule has 0 aromatic rings. The molecule has 0 heterocycles. The molecule has 0 aliphatic carbocycles. The summed E-state index contributed by atoms with van der Waals surface area (Å²) >= 11 is 0. The first-order valence-corrected chi connectivity index (χ1v) is 4.37. The van der Waals surface area contributed by atoms with Crippen LogP contribution in [0.25, 0.3) is 0 Å². The van der Waals surface area contributed by atoms with E-state index in [9.17, 15) is 4.79 Å². The van der Waals surface area contributed by atoms with Crippen LogP contribution in [0.2, 0.25) is 0 Å². The van der Waals surface area contributed by atoms with E-state index in [0.717, 1.165) is 6.42 Å². The minimum absolute atomic E-state index is 0.459. The first-order valence-electron chi connectivity index (χ1n) is 4.37. The molecule has 1 amide bonds. The molecule has 0 atom stereocenters. The summed E-state index contributed by atoms with van der Waals surface area (Å²) < 4.78 is 4.97. The molecular weight excluding hydrogens is 170 g/mol. The monoisotopic (exact) mass is 189 g/mol. The number of carbonyl (C=O) groups is 1. The molecule has 5 heteroatoms. The Bertz CT molecular complexity index is 154. The summed E-state index contributed by atoms with van der Waals surface area (Å²) in [5.41, 5.74) is 9.92. The first kappa shape index (κ1) is 12.2. The van der Waals surface area contributed by atoms with E-state index in [-0.39, 0.29) is 0 Å². The SMILES string of the molecule is CC(C)(C)OC(=O)NNCCCN. The third-order valence-electron chi connectivity index (χ3n) is 1.10. The van der Waals surface area contributed by atoms with Crippen molar-refractivity contribution in [2.75, 3.05) is 13.1 Å². The molecule has 0 aromatic carbocycles. The number of hydrogen-bond acceptors (Lipinski definition) is 4. The van der Waals surface area contributed by atoms with E-state index in [4.69, 9.17) is 10.5 Å². The zero-order valence-corrected chi connectivity index (χ0v) is 8.52. The number of ether oxygens (including phenoxy) is 1. The summed E-state index contributed by atoms with van der Waals surface area (Å²) in [5.74, 6) is 0. The molecule has 13 heavy (non-hydrogen) atoms. The van der Waals surface area contributed by atoms with Crippen LogP contribution in [-0.2, 0) is 4.74 Å². The Morgan fingerprint density at radius 3 is 2.54 bits per heavy atom. The molecule has 0 bridgehead atoms. The van der Waals surface area contributed by atoms with Gasteiger partial charge in [0, 0.05) is 6.54 Å². The Labute approximate surface area is 79.0 Å². The predicted octanol–water partition coefficient (Wildman–Crippen LogP) is 0.365. The second-order valence-electron chi connectivity index (χ2n) is 3.70. The minimum atomic E-state index is -0.468. The summed E-state index contributed by atoms with van der Waals surface area (Å²) in [4.78, 5) is 11.0. The Hall–Kier alpha value is -0.810. The van der Waals surface area contributed by atoms with Gasteiger partial charge in [-0.2, -0.15) is 0 Å². The zero-order chi connectivity index (χ0) is 10.3. The molecule has 0 spiro atoms. The lowest BCUT2D eigenvalue weighted by atomic mass is 10.2. The van der Waals surface area contributed by atoms with Gasteiger partial charge >= 0.3 is 6.09 Å². The van der Waals surface area contributed by atoms with E-state index >= 15 is 0 Å². The summed E-state index contributed by atoms with van der Waals surface area (Å²) in [5, 5.41) is 0. The summed E-state index contributed by atoms with van der Waals surface area (Å²) in [6.45, 7) is 6.68. The number of rotatable bonds is 4. The Morgan fingerprint density at radius 1 is 1.46 bits per heavy atom. The molecule has 0 rings (SSSR count). The van der Waals surface area contributed by atoms with Gasteiger partial charge in [-0.05, 0) is 33.7 Å². The fourth-order valence-electron chi connectivity index (χ4n) is 0.629. The molecule has 4 N–H and O–H groups in total. The molecule has 0 unspecified atom stereocenters. The van der Waals surface area contributed by atoms with Gasteiger partial charge < -0.3 is 10.5 Å². The first-order chi connectivity index (χ1) is 5.95. The molecule has 0 fully saturated rings. The van der Waals surface area contributed by atoms with Crippen molar-refractivity contribution in [1.29, 1.82) is 0 Å². The van der Waals surface area contributed by atoms with Gasteiger partial charge in [-0.3, -0.25) is 5.43 Å². The van der Waals surface area contributed by atoms with E-state index in [1.165, 1.54) is 0 Å². The largest absolute Gasteiger partial charge is 0.443 e. The Morgan fingerprint density at radius 2 is 2.08 bits per heavy atom. The van der Waals surface area contributed by atoms with Gasteiger partial charge in [0.05, 0.1) is 0 Å². The predicted molar refractivity (Wildman–Crippen MR) is 51.0 cm³/mol. The molecule has 78 valence electrons. The van der Waals surface area contributed by atoms with E-state index in [1.807, 2.05) is 20.8 Å². The Balaban J connectivity index is 3.41. The van der Waals surface area contributed by atoms with Crippen molar-refractivity contribution in [3.05, 3.63) is 0 Å². The van der Waals surface area contributed by atoms with Crippen molar-refractivity contribution in [1.82, 2.24) is 10.9 Å². The van der Waals surface area contributed by atoms with Crippen LogP contribution >= 0.6 is 0 Å². The molecule has 0 aliphatic heterocycles. The smallest absolute Gasteiger partial charge is 0.422 e. The van der Waals surface area contributed by atoms with Crippen LogP contribution < -0.4 is 16.6 Å². The quantitative estimate of drug-likeness (QED) is 0.441. The van der Waals surface area contributed by atoms with Gasteiger partial charge in [0.1, 0.15) is 5.60 Å². The highest BCUT2D eigenvalue weighted by molar-refractivity contribution is 5.66. The van der Waals surface area contributed by atoms with Gasteiger partial charge in [-0.15, -0.1) is 0 Å². The van der Waals surface area contributed by atoms with Crippen LogP contribution in [0.1, 0.15) is 27.2 Å². The zero-order valence-electron chi connectivity index (χ0n) is 8.52. The average molecular weight is 189 g/mol. The average Bonchev–Trinajstić information content (AvgIpc) is 1.94. The lowest BCUT2D eigenvalue weighted by Crippen LogP contribution is -2.41. The van der Waals surface area contributed by atoms with E-state index in [0.29, 0.717) is 13.1 Å². The third-order valence-corrected chi connectivity index (χ3v) is 1.10. The Kier molecular flexibility index (Phi) is 5.41. The fourth-order valence-corrected chi connectivity index (χ4v) is 0.629. The molecular formula is C8H19N3O2. The van der Waals surface area contributed by atoms with Crippen LogP contribution in [0, 0.1) is 0 Å². The highest BCUT2D eigenvalue weighted by Crippen LogP contribution is 2.05. The third kappa shape index (κ3) is 9.10. The molecule has 5 nitrogen and oxygen atoms in total. The van der Waals surface area contributed by atoms with Crippen molar-refractivity contribution in [2.24, 2.45) is 5.73 Å². The number of carbonyl (C=O) groups excluding carboxylic acids is 1. The van der Waals surface area contributed by atoms with Crippen LogP contribution in [0.3, 0.4) is 0 Å². The maximum atomic E-state index is 11.0. The van der Waals surface area contributed by atoms with Gasteiger partial charge in [0.15, 0.2) is 0 Å². The topological polar surface area (TPSA) is 76.4 Å². The van der Waals surface area contributed by atoms with Crippen molar-refractivity contribution in [3.63, 3.8) is 0 Å². The number of hydrazine groups is 1. The normalized spacial score (nSPS) is 11.1. The van der Waals surface area contributed by atoms with Gasteiger partial charge in [-0.25, -0.2) is 10.2 Å². The number of hydrogen-bond donors (Lipinski definition) is 3. The fraction of sp³-hybridized carbons (Fsp3) is 0.875. The van der Waals surface area contributed by atoms with Gasteiger partial charge in [-0.1, -0.05) is 0 Å². The molecule has 0 radical (unpaired) electrons. The molecule has 0 saturated carbocycles. The molecule has 0 aromatic heterocycles. The standard InChI is InChI=1S/C8H19N3O2/c1-8(2,3)13-7(12)11-10-6-4-5-9/h10H,4-6,9H2,1-3H3,(H,11,12). The highest BCUT2D eigenvalue weighted by Gasteiger charge is 2.15. The van der Waals surface area contributed by atoms with Crippen LogP contribution in [-0.4, -0.2) is 24.8 Å². The number of nitrogens with two attached hydrogens (primary N) is 1. The molecule has 0 saturated heterocycles. The van der Waals surface area contributed by atoms with E-state index in [1.54, 1.807) is 0 Å². The van der Waals surface area contributed by atoms with Gasteiger partial charge in [0.2, 0.25) is 0 Å². The lowest BCUT2D eigenvalue weighted by molar-refractivity contribution is 0.0498. The minimum Gasteiger partial charge on any atom is -0.443 e. The lowest BCUT2D eigenvalue weighted by Gasteiger charge is -2.19. The maximum absolute atomic E-state index is 11.0. The van der Waals surface area contributed by atoms with Crippen molar-refractivity contribution >= 4 is 6.09 Å². The van der Waals surface area contributed by atoms with E-state index < -0.39 is 11.7 Å². The van der Waals surface area contributed by atoms with Gasteiger partial charge in [0.25, 0.3) is 0 Å². The highest BCUT2D eigenvalue weighted by atomic mass is 16.6. The summed E-state index contributed by atoms with van der Waals surface area (Å²) in [7, 11) is 0. The number of amides is 1. The number of nitrogens with one attached hydrogen (secondary N) is 2. The van der Waals surface area contributed by atoms with Crippen LogP contribution in [0.5, 0.6) is 0 Å². The summed E-state index contributed by atoms with van der Waals surface area (Å²) in [6.07, 6.45) is 0.347.